The number of hydrogen-bond donors (Lipinski definition) is 2. The zero-order valence-corrected chi connectivity index (χ0v) is 10.5. The lowest BCUT2D eigenvalue weighted by molar-refractivity contribution is 0.340. The predicted molar refractivity (Wildman–Crippen MR) is 69.4 cm³/mol. The molecule has 2 aromatic rings. The van der Waals surface area contributed by atoms with Crippen molar-refractivity contribution in [3.05, 3.63) is 42.0 Å². The van der Waals surface area contributed by atoms with E-state index in [1.165, 1.54) is 11.9 Å². The van der Waals surface area contributed by atoms with Crippen LogP contribution in [0.3, 0.4) is 0 Å². The highest BCUT2D eigenvalue weighted by atomic mass is 16.5. The monoisotopic (exact) mass is 246 g/mol. The summed E-state index contributed by atoms with van der Waals surface area (Å²) in [6, 6.07) is 8.13. The summed E-state index contributed by atoms with van der Waals surface area (Å²) >= 11 is 0. The van der Waals surface area contributed by atoms with Gasteiger partial charge in [0.1, 0.15) is 17.9 Å². The third kappa shape index (κ3) is 3.85. The third-order valence-electron chi connectivity index (χ3n) is 2.54. The van der Waals surface area contributed by atoms with Gasteiger partial charge in [-0.15, -0.1) is 0 Å². The van der Waals surface area contributed by atoms with E-state index in [4.69, 9.17) is 4.74 Å². The molecular formula is C13H18N4O. The maximum atomic E-state index is 5.46. The van der Waals surface area contributed by atoms with E-state index in [9.17, 15) is 0 Å². The van der Waals surface area contributed by atoms with Gasteiger partial charge in [-0.05, 0) is 24.6 Å². The predicted octanol–water partition coefficient (Wildman–Crippen LogP) is 1.54. The molecule has 96 valence electrons. The Morgan fingerprint density at radius 2 is 2.33 bits per heavy atom. The second-order valence-electron chi connectivity index (χ2n) is 3.94. The van der Waals surface area contributed by atoms with Gasteiger partial charge in [0.2, 0.25) is 0 Å². The van der Waals surface area contributed by atoms with Gasteiger partial charge in [0, 0.05) is 19.5 Å². The molecule has 0 aliphatic carbocycles. The van der Waals surface area contributed by atoms with Crippen molar-refractivity contribution in [2.45, 2.75) is 19.9 Å². The molecule has 2 N–H and O–H groups in total. The minimum Gasteiger partial charge on any atom is -0.494 e. The Morgan fingerprint density at radius 1 is 1.39 bits per heavy atom. The molecule has 0 saturated heterocycles. The zero-order valence-electron chi connectivity index (χ0n) is 10.5. The minimum absolute atomic E-state index is 0.697. The van der Waals surface area contributed by atoms with Crippen LogP contribution in [0, 0.1) is 0 Å². The summed E-state index contributed by atoms with van der Waals surface area (Å²) in [5.74, 6) is 1.83. The van der Waals surface area contributed by atoms with E-state index in [-0.39, 0.29) is 0 Å². The number of ether oxygens (including phenoxy) is 1. The van der Waals surface area contributed by atoms with Crippen molar-refractivity contribution in [3.63, 3.8) is 0 Å². The molecular weight excluding hydrogens is 228 g/mol. The van der Waals surface area contributed by atoms with Crippen LogP contribution in [-0.4, -0.2) is 28.3 Å². The molecule has 0 saturated carbocycles. The Balaban J connectivity index is 1.74. The van der Waals surface area contributed by atoms with Crippen LogP contribution in [0.15, 0.2) is 30.6 Å². The smallest absolute Gasteiger partial charge is 0.137 e. The van der Waals surface area contributed by atoms with Gasteiger partial charge in [0.25, 0.3) is 0 Å². The average Bonchev–Trinajstić information content (AvgIpc) is 2.89. The Bertz CT molecular complexity index is 456. The van der Waals surface area contributed by atoms with E-state index in [1.807, 2.05) is 19.1 Å². The maximum Gasteiger partial charge on any atom is 0.137 e. The van der Waals surface area contributed by atoms with Crippen molar-refractivity contribution in [1.29, 1.82) is 0 Å². The standard InChI is InChI=1S/C13H18N4O/c1-2-18-12-5-3-4-11(8-12)9-14-7-6-13-15-10-16-17-13/h3-5,8,10,14H,2,6-7,9H2,1H3,(H,15,16,17). The number of hydrogen-bond acceptors (Lipinski definition) is 4. The van der Waals surface area contributed by atoms with E-state index in [0.717, 1.165) is 31.1 Å². The molecule has 0 atom stereocenters. The lowest BCUT2D eigenvalue weighted by atomic mass is 10.2. The molecule has 0 radical (unpaired) electrons. The van der Waals surface area contributed by atoms with E-state index in [2.05, 4.69) is 32.6 Å². The van der Waals surface area contributed by atoms with Crippen LogP contribution < -0.4 is 10.1 Å². The van der Waals surface area contributed by atoms with Gasteiger partial charge in [-0.3, -0.25) is 5.10 Å². The van der Waals surface area contributed by atoms with Crippen molar-refractivity contribution in [2.75, 3.05) is 13.2 Å². The molecule has 0 aliphatic heterocycles. The highest BCUT2D eigenvalue weighted by Gasteiger charge is 1.98. The summed E-state index contributed by atoms with van der Waals surface area (Å²) < 4.78 is 5.46. The molecule has 2 rings (SSSR count). The van der Waals surface area contributed by atoms with Gasteiger partial charge >= 0.3 is 0 Å². The van der Waals surface area contributed by atoms with Crippen LogP contribution in [-0.2, 0) is 13.0 Å². The summed E-state index contributed by atoms with van der Waals surface area (Å²) in [6.07, 6.45) is 2.38. The van der Waals surface area contributed by atoms with Gasteiger partial charge in [0.05, 0.1) is 6.61 Å². The van der Waals surface area contributed by atoms with Crippen LogP contribution in [0.1, 0.15) is 18.3 Å². The second-order valence-corrected chi connectivity index (χ2v) is 3.94. The first-order valence-corrected chi connectivity index (χ1v) is 6.15. The van der Waals surface area contributed by atoms with Crippen molar-refractivity contribution >= 4 is 0 Å². The van der Waals surface area contributed by atoms with E-state index < -0.39 is 0 Å². The van der Waals surface area contributed by atoms with Crippen LogP contribution >= 0.6 is 0 Å². The lowest BCUT2D eigenvalue weighted by Gasteiger charge is -2.07. The first-order valence-electron chi connectivity index (χ1n) is 6.15. The number of aromatic amines is 1. The molecule has 5 nitrogen and oxygen atoms in total. The number of nitrogens with one attached hydrogen (secondary N) is 2. The van der Waals surface area contributed by atoms with Crippen LogP contribution in [0.5, 0.6) is 5.75 Å². The van der Waals surface area contributed by atoms with Crippen LogP contribution in [0.25, 0.3) is 0 Å². The second kappa shape index (κ2) is 6.76. The van der Waals surface area contributed by atoms with Gasteiger partial charge < -0.3 is 10.1 Å². The number of benzene rings is 1. The normalized spacial score (nSPS) is 10.5. The molecule has 18 heavy (non-hydrogen) atoms. The minimum atomic E-state index is 0.697. The molecule has 5 heteroatoms. The van der Waals surface area contributed by atoms with Crippen LogP contribution in [0.2, 0.25) is 0 Å². The molecule has 0 unspecified atom stereocenters. The molecule has 0 amide bonds. The van der Waals surface area contributed by atoms with Crippen LogP contribution in [0.4, 0.5) is 0 Å². The molecule has 0 bridgehead atoms. The average molecular weight is 246 g/mol. The van der Waals surface area contributed by atoms with Crippen molar-refractivity contribution in [2.24, 2.45) is 0 Å². The van der Waals surface area contributed by atoms with Gasteiger partial charge in [-0.25, -0.2) is 4.98 Å². The SMILES string of the molecule is CCOc1cccc(CNCCc2ncn[nH]2)c1. The summed E-state index contributed by atoms with van der Waals surface area (Å²) in [4.78, 5) is 4.07. The van der Waals surface area contributed by atoms with Gasteiger partial charge in [-0.1, -0.05) is 12.1 Å². The summed E-state index contributed by atoms with van der Waals surface area (Å²) in [6.45, 7) is 4.38. The molecule has 1 aromatic heterocycles. The van der Waals surface area contributed by atoms with Crippen molar-refractivity contribution in [3.8, 4) is 5.75 Å². The van der Waals surface area contributed by atoms with Gasteiger partial charge in [0.15, 0.2) is 0 Å². The van der Waals surface area contributed by atoms with E-state index >= 15 is 0 Å². The third-order valence-corrected chi connectivity index (χ3v) is 2.54. The molecule has 0 fully saturated rings. The molecule has 0 aliphatic rings. The van der Waals surface area contributed by atoms with Gasteiger partial charge in [-0.2, -0.15) is 5.10 Å². The summed E-state index contributed by atoms with van der Waals surface area (Å²) in [5, 5.41) is 10.0. The largest absolute Gasteiger partial charge is 0.494 e. The number of aromatic nitrogens is 3. The first kappa shape index (κ1) is 12.6. The number of H-pyrrole nitrogens is 1. The Labute approximate surface area is 107 Å². The van der Waals surface area contributed by atoms with E-state index in [0.29, 0.717) is 6.61 Å². The fourth-order valence-corrected chi connectivity index (χ4v) is 1.70. The highest BCUT2D eigenvalue weighted by molar-refractivity contribution is 5.28. The fraction of sp³-hybridized carbons (Fsp3) is 0.385. The highest BCUT2D eigenvalue weighted by Crippen LogP contribution is 2.12. The number of nitrogens with zero attached hydrogens (tertiary/aromatic N) is 2. The summed E-state index contributed by atoms with van der Waals surface area (Å²) in [7, 11) is 0. The molecule has 0 spiro atoms. The van der Waals surface area contributed by atoms with Crippen molar-refractivity contribution in [1.82, 2.24) is 20.5 Å². The van der Waals surface area contributed by atoms with E-state index in [1.54, 1.807) is 0 Å². The first-order chi connectivity index (χ1) is 8.88. The molecule has 1 aromatic carbocycles. The van der Waals surface area contributed by atoms with Crippen molar-refractivity contribution < 1.29 is 4.74 Å². The Morgan fingerprint density at radius 3 is 3.11 bits per heavy atom. The Hall–Kier alpha value is -1.88. The summed E-state index contributed by atoms with van der Waals surface area (Å²) in [5.41, 5.74) is 1.22. The lowest BCUT2D eigenvalue weighted by Crippen LogP contribution is -2.17. The topological polar surface area (TPSA) is 62.8 Å². The Kier molecular flexibility index (Phi) is 4.72. The maximum absolute atomic E-state index is 5.46. The molecule has 1 heterocycles. The number of rotatable bonds is 7. The quantitative estimate of drug-likeness (QED) is 0.727. The zero-order chi connectivity index (χ0) is 12.6. The fourth-order valence-electron chi connectivity index (χ4n) is 1.70.